The fraction of sp³-hybridized carbons (Fsp3) is 0.167. The third-order valence-corrected chi connectivity index (χ3v) is 3.77. The first-order valence-corrected chi connectivity index (χ1v) is 8.12. The number of nitrogens with one attached hydrogen (secondary N) is 1. The second kappa shape index (κ2) is 8.19. The van der Waals surface area contributed by atoms with Crippen LogP contribution in [0.15, 0.2) is 54.9 Å². The summed E-state index contributed by atoms with van der Waals surface area (Å²) in [7, 11) is 0. The van der Waals surface area contributed by atoms with Crippen LogP contribution in [0.25, 0.3) is 0 Å². The number of hydrogen-bond acceptors (Lipinski definition) is 6. The first-order valence-electron chi connectivity index (χ1n) is 8.12. The Kier molecular flexibility index (Phi) is 5.53. The molecular formula is C18H17N5O4. The molecule has 9 heteroatoms. The summed E-state index contributed by atoms with van der Waals surface area (Å²) in [5.74, 6) is -0.804. The minimum Gasteiger partial charge on any atom is -0.390 e. The summed E-state index contributed by atoms with van der Waals surface area (Å²) in [6, 6.07) is 14.6. The predicted molar refractivity (Wildman–Crippen MR) is 95.7 cm³/mol. The van der Waals surface area contributed by atoms with Gasteiger partial charge in [-0.2, -0.15) is 4.68 Å². The molecule has 2 aromatic carbocycles. The van der Waals surface area contributed by atoms with Crippen LogP contribution < -0.4 is 5.48 Å². The predicted octanol–water partition coefficient (Wildman–Crippen LogP) is 2.40. The van der Waals surface area contributed by atoms with Gasteiger partial charge in [-0.05, 0) is 35.1 Å². The van der Waals surface area contributed by atoms with E-state index in [9.17, 15) is 14.9 Å². The van der Waals surface area contributed by atoms with Crippen molar-refractivity contribution >= 4 is 11.9 Å². The van der Waals surface area contributed by atoms with Crippen molar-refractivity contribution in [2.24, 2.45) is 0 Å². The fourth-order valence-corrected chi connectivity index (χ4v) is 2.32. The van der Waals surface area contributed by atoms with E-state index < -0.39 is 10.9 Å². The van der Waals surface area contributed by atoms with Gasteiger partial charge in [-0.15, -0.1) is 0 Å². The molecule has 9 nitrogen and oxygen atoms in total. The average Bonchev–Trinajstić information content (AvgIpc) is 3.13. The van der Waals surface area contributed by atoms with Gasteiger partial charge in [0, 0.05) is 10.7 Å². The number of hydroxylamine groups is 1. The molecule has 0 unspecified atom stereocenters. The topological polar surface area (TPSA) is 112 Å². The lowest BCUT2D eigenvalue weighted by molar-refractivity contribution is -0.394. The smallest absolute Gasteiger partial charge is 0.390 e. The molecule has 0 spiro atoms. The van der Waals surface area contributed by atoms with Gasteiger partial charge in [0.2, 0.25) is 6.33 Å². The molecular weight excluding hydrogens is 350 g/mol. The normalized spacial score (nSPS) is 10.6. The maximum atomic E-state index is 12.1. The Balaban J connectivity index is 1.52. The Labute approximate surface area is 154 Å². The highest BCUT2D eigenvalue weighted by Gasteiger charge is 2.13. The van der Waals surface area contributed by atoms with Crippen LogP contribution in [0.4, 0.5) is 5.95 Å². The molecule has 0 bridgehead atoms. The zero-order chi connectivity index (χ0) is 19.2. The second-order valence-electron chi connectivity index (χ2n) is 5.90. The molecule has 1 N–H and O–H groups in total. The molecule has 0 aliphatic rings. The third-order valence-electron chi connectivity index (χ3n) is 3.77. The number of carbonyl (C=O) groups excluding carboxylic acids is 1. The van der Waals surface area contributed by atoms with Crippen molar-refractivity contribution in [1.82, 2.24) is 20.2 Å². The first-order chi connectivity index (χ1) is 13.0. The quantitative estimate of drug-likeness (QED) is 0.507. The Morgan fingerprint density at radius 1 is 1.15 bits per heavy atom. The van der Waals surface area contributed by atoms with Crippen molar-refractivity contribution in [3.05, 3.63) is 87.2 Å². The molecule has 0 saturated carbocycles. The molecule has 138 valence electrons. The number of carbonyl (C=O) groups is 1. The second-order valence-corrected chi connectivity index (χ2v) is 5.90. The highest BCUT2D eigenvalue weighted by atomic mass is 16.7. The van der Waals surface area contributed by atoms with Crippen molar-refractivity contribution in [2.75, 3.05) is 0 Å². The van der Waals surface area contributed by atoms with Gasteiger partial charge < -0.3 is 10.1 Å². The summed E-state index contributed by atoms with van der Waals surface area (Å²) < 4.78 is 1.36. The Morgan fingerprint density at radius 3 is 2.44 bits per heavy atom. The zero-order valence-electron chi connectivity index (χ0n) is 14.5. The van der Waals surface area contributed by atoms with Crippen LogP contribution in [-0.2, 0) is 18.0 Å². The van der Waals surface area contributed by atoms with Crippen molar-refractivity contribution in [3.63, 3.8) is 0 Å². The van der Waals surface area contributed by atoms with E-state index in [4.69, 9.17) is 4.84 Å². The highest BCUT2D eigenvalue weighted by Crippen LogP contribution is 2.08. The fourth-order valence-electron chi connectivity index (χ4n) is 2.32. The average molecular weight is 367 g/mol. The number of hydrogen-bond donors (Lipinski definition) is 1. The highest BCUT2D eigenvalue weighted by molar-refractivity contribution is 5.93. The lowest BCUT2D eigenvalue weighted by atomic mass is 10.1. The SMILES string of the molecule is Cc1ccc(CONC(=O)c2ccc(Cn3cnc([N+](=O)[O-])n3)cc2)cc1. The summed E-state index contributed by atoms with van der Waals surface area (Å²) in [5.41, 5.74) is 5.78. The van der Waals surface area contributed by atoms with E-state index in [0.29, 0.717) is 12.1 Å². The van der Waals surface area contributed by atoms with Crippen molar-refractivity contribution in [1.29, 1.82) is 0 Å². The summed E-state index contributed by atoms with van der Waals surface area (Å²) in [5, 5.41) is 14.3. The van der Waals surface area contributed by atoms with Gasteiger partial charge in [0.25, 0.3) is 5.91 Å². The molecule has 0 atom stereocenters. The van der Waals surface area contributed by atoms with Gasteiger partial charge in [0.1, 0.15) is 0 Å². The number of benzene rings is 2. The van der Waals surface area contributed by atoms with Crippen molar-refractivity contribution in [3.8, 4) is 0 Å². The minimum atomic E-state index is -0.652. The van der Waals surface area contributed by atoms with Crippen LogP contribution in [0.1, 0.15) is 27.0 Å². The van der Waals surface area contributed by atoms with Gasteiger partial charge in [0.15, 0.2) is 0 Å². The first kappa shape index (κ1) is 18.2. The lowest BCUT2D eigenvalue weighted by Crippen LogP contribution is -2.23. The molecule has 0 fully saturated rings. The molecule has 1 heterocycles. The molecule has 3 aromatic rings. The Morgan fingerprint density at radius 2 is 1.81 bits per heavy atom. The van der Waals surface area contributed by atoms with Gasteiger partial charge in [0.05, 0.1) is 13.2 Å². The lowest BCUT2D eigenvalue weighted by Gasteiger charge is -2.07. The summed E-state index contributed by atoms with van der Waals surface area (Å²) in [6.07, 6.45) is 1.29. The van der Waals surface area contributed by atoms with E-state index >= 15 is 0 Å². The van der Waals surface area contributed by atoms with Crippen LogP contribution >= 0.6 is 0 Å². The largest absolute Gasteiger partial charge is 0.490 e. The van der Waals surface area contributed by atoms with Crippen molar-refractivity contribution < 1.29 is 14.6 Å². The van der Waals surface area contributed by atoms with E-state index in [2.05, 4.69) is 15.6 Å². The third kappa shape index (κ3) is 4.95. The van der Waals surface area contributed by atoms with Gasteiger partial charge in [-0.3, -0.25) is 9.63 Å². The van der Waals surface area contributed by atoms with E-state index in [1.807, 2.05) is 31.2 Å². The van der Waals surface area contributed by atoms with Gasteiger partial charge in [-0.25, -0.2) is 5.48 Å². The van der Waals surface area contributed by atoms with E-state index in [1.54, 1.807) is 24.3 Å². The maximum absolute atomic E-state index is 12.1. The molecule has 0 radical (unpaired) electrons. The maximum Gasteiger partial charge on any atom is 0.490 e. The molecule has 27 heavy (non-hydrogen) atoms. The number of aryl methyl sites for hydroxylation is 1. The molecule has 0 aliphatic carbocycles. The Hall–Kier alpha value is -3.59. The van der Waals surface area contributed by atoms with Gasteiger partial charge >= 0.3 is 5.95 Å². The van der Waals surface area contributed by atoms with Gasteiger partial charge in [-0.1, -0.05) is 46.9 Å². The number of aromatic nitrogens is 3. The number of nitrogens with zero attached hydrogens (tertiary/aromatic N) is 4. The number of nitro groups is 1. The van der Waals surface area contributed by atoms with E-state index in [1.165, 1.54) is 11.0 Å². The van der Waals surface area contributed by atoms with Crippen LogP contribution in [0.2, 0.25) is 0 Å². The minimum absolute atomic E-state index is 0.273. The molecule has 0 aliphatic heterocycles. The Bertz CT molecular complexity index is 935. The van der Waals surface area contributed by atoms with Crippen molar-refractivity contribution in [2.45, 2.75) is 20.1 Å². The molecule has 3 rings (SSSR count). The van der Waals surface area contributed by atoms with Crippen LogP contribution in [0.5, 0.6) is 0 Å². The summed E-state index contributed by atoms with van der Waals surface area (Å²) >= 11 is 0. The standard InChI is InChI=1S/C18H17N5O4/c1-13-2-4-15(5-3-13)11-27-21-17(24)16-8-6-14(7-9-16)10-22-12-19-18(20-22)23(25)26/h2-9,12H,10-11H2,1H3,(H,21,24). The molecule has 1 aromatic heterocycles. The molecule has 1 amide bonds. The summed E-state index contributed by atoms with van der Waals surface area (Å²) in [6.45, 7) is 2.59. The monoisotopic (exact) mass is 367 g/mol. The number of rotatable bonds is 7. The molecule has 0 saturated heterocycles. The van der Waals surface area contributed by atoms with Crippen LogP contribution in [-0.4, -0.2) is 25.6 Å². The van der Waals surface area contributed by atoms with E-state index in [0.717, 1.165) is 16.7 Å². The van der Waals surface area contributed by atoms with Crippen LogP contribution in [0, 0.1) is 17.0 Å². The van der Waals surface area contributed by atoms with E-state index in [-0.39, 0.29) is 12.5 Å². The zero-order valence-corrected chi connectivity index (χ0v) is 14.5. The van der Waals surface area contributed by atoms with Crippen LogP contribution in [0.3, 0.4) is 0 Å². The summed E-state index contributed by atoms with van der Waals surface area (Å²) in [4.78, 5) is 30.9. The number of amides is 1.